The number of likely N-dealkylation sites (tertiary alicyclic amines) is 1. The van der Waals surface area contributed by atoms with Crippen molar-refractivity contribution in [2.24, 2.45) is 0 Å². The number of anilines is 1. The van der Waals surface area contributed by atoms with E-state index in [0.29, 0.717) is 17.7 Å². The normalized spacial score (nSPS) is 16.1. The summed E-state index contributed by atoms with van der Waals surface area (Å²) in [5.74, 6) is -0.115. The van der Waals surface area contributed by atoms with Crippen LogP contribution in [0.25, 0.3) is 22.0 Å². The summed E-state index contributed by atoms with van der Waals surface area (Å²) in [6, 6.07) is 26.9. The average molecular weight is 561 g/mol. The Bertz CT molecular complexity index is 1560. The van der Waals surface area contributed by atoms with Gasteiger partial charge in [-0.05, 0) is 86.2 Å². The monoisotopic (exact) mass is 560 g/mol. The van der Waals surface area contributed by atoms with Gasteiger partial charge in [0.25, 0.3) is 5.91 Å². The molecule has 0 bridgehead atoms. The number of carbonyl (C=O) groups is 1. The van der Waals surface area contributed by atoms with Gasteiger partial charge in [0.2, 0.25) is 0 Å². The van der Waals surface area contributed by atoms with Gasteiger partial charge >= 0.3 is 0 Å². The Morgan fingerprint density at radius 2 is 1.57 bits per heavy atom. The summed E-state index contributed by atoms with van der Waals surface area (Å²) in [5.41, 5.74) is 5.47. The molecular formula is C35H40N6O. The Morgan fingerprint density at radius 3 is 2.40 bits per heavy atom. The molecule has 1 N–H and O–H groups in total. The largest absolute Gasteiger partial charge is 0.368 e. The average Bonchev–Trinajstić information content (AvgIpc) is 3.72. The van der Waals surface area contributed by atoms with Crippen LogP contribution in [0.3, 0.4) is 0 Å². The molecule has 7 nitrogen and oxygen atoms in total. The molecule has 0 atom stereocenters. The minimum Gasteiger partial charge on any atom is -0.368 e. The molecule has 3 heterocycles. The van der Waals surface area contributed by atoms with Gasteiger partial charge in [-0.1, -0.05) is 36.4 Å². The van der Waals surface area contributed by atoms with E-state index >= 15 is 0 Å². The number of benzene rings is 3. The molecule has 2 fully saturated rings. The van der Waals surface area contributed by atoms with Gasteiger partial charge in [-0.15, -0.1) is 0 Å². The number of amides is 1. The first-order chi connectivity index (χ1) is 20.7. The van der Waals surface area contributed by atoms with E-state index in [1.54, 1.807) is 6.07 Å². The smallest absolute Gasteiger partial charge is 0.251 e. The molecule has 3 aromatic carbocycles. The van der Waals surface area contributed by atoms with Crippen molar-refractivity contribution in [3.63, 3.8) is 0 Å². The Morgan fingerprint density at radius 1 is 0.810 bits per heavy atom. The van der Waals surface area contributed by atoms with Crippen LogP contribution in [0.2, 0.25) is 0 Å². The third kappa shape index (κ3) is 6.51. The van der Waals surface area contributed by atoms with E-state index in [0.717, 1.165) is 69.0 Å². The van der Waals surface area contributed by atoms with Gasteiger partial charge in [-0.25, -0.2) is 0 Å². The van der Waals surface area contributed by atoms with Gasteiger partial charge in [-0.2, -0.15) is 5.26 Å². The number of aromatic nitrogens is 1. The first-order valence-electron chi connectivity index (χ1n) is 15.3. The summed E-state index contributed by atoms with van der Waals surface area (Å²) < 4.78 is 2.35. The van der Waals surface area contributed by atoms with E-state index in [4.69, 9.17) is 0 Å². The fourth-order valence-corrected chi connectivity index (χ4v) is 6.38. The lowest BCUT2D eigenvalue weighted by Gasteiger charge is -2.37. The highest BCUT2D eigenvalue weighted by Crippen LogP contribution is 2.33. The van der Waals surface area contributed by atoms with Crippen molar-refractivity contribution in [3.05, 3.63) is 90.1 Å². The Hall–Kier alpha value is -4.12. The zero-order valence-corrected chi connectivity index (χ0v) is 24.3. The third-order valence-electron chi connectivity index (χ3n) is 8.73. The summed E-state index contributed by atoms with van der Waals surface area (Å²) in [7, 11) is 0. The molecule has 6 rings (SSSR count). The van der Waals surface area contributed by atoms with Crippen LogP contribution in [-0.4, -0.2) is 79.2 Å². The molecule has 0 spiro atoms. The zero-order chi connectivity index (χ0) is 28.7. The number of para-hydroxylation sites is 2. The fraction of sp³-hybridized carbons (Fsp3) is 0.371. The van der Waals surface area contributed by atoms with Gasteiger partial charge in [-0.3, -0.25) is 9.69 Å². The number of rotatable bonds is 10. The van der Waals surface area contributed by atoms with Crippen LogP contribution >= 0.6 is 0 Å². The van der Waals surface area contributed by atoms with Crippen LogP contribution in [0.4, 0.5) is 5.69 Å². The molecule has 0 radical (unpaired) electrons. The van der Waals surface area contributed by atoms with E-state index in [-0.39, 0.29) is 5.91 Å². The first-order valence-corrected chi connectivity index (χ1v) is 15.3. The maximum Gasteiger partial charge on any atom is 0.251 e. The second kappa shape index (κ2) is 13.2. The summed E-state index contributed by atoms with van der Waals surface area (Å²) in [4.78, 5) is 20.5. The Kier molecular flexibility index (Phi) is 8.83. The van der Waals surface area contributed by atoms with Crippen LogP contribution in [0.15, 0.2) is 79.0 Å². The molecule has 42 heavy (non-hydrogen) atoms. The second-order valence-electron chi connectivity index (χ2n) is 11.5. The molecule has 1 aromatic heterocycles. The van der Waals surface area contributed by atoms with Crippen molar-refractivity contribution in [3.8, 4) is 17.2 Å². The number of carbonyl (C=O) groups excluding carboxylic acids is 1. The molecule has 216 valence electrons. The second-order valence-corrected chi connectivity index (χ2v) is 11.5. The number of piperazine rings is 1. The Labute approximate surface area is 248 Å². The lowest BCUT2D eigenvalue weighted by molar-refractivity contribution is 0.0952. The highest BCUT2D eigenvalue weighted by molar-refractivity contribution is 5.96. The van der Waals surface area contributed by atoms with Gasteiger partial charge < -0.3 is 19.7 Å². The van der Waals surface area contributed by atoms with Gasteiger partial charge in [0.1, 0.15) is 0 Å². The summed E-state index contributed by atoms with van der Waals surface area (Å²) in [6.45, 7) is 9.87. The quantitative estimate of drug-likeness (QED) is 0.270. The molecule has 0 saturated carbocycles. The van der Waals surface area contributed by atoms with E-state index in [1.807, 2.05) is 18.2 Å². The molecule has 2 aliphatic rings. The Balaban J connectivity index is 1.09. The van der Waals surface area contributed by atoms with Gasteiger partial charge in [0, 0.05) is 74.3 Å². The van der Waals surface area contributed by atoms with E-state index < -0.39 is 0 Å². The first kappa shape index (κ1) is 28.0. The van der Waals surface area contributed by atoms with Crippen molar-refractivity contribution in [1.82, 2.24) is 19.7 Å². The molecule has 4 aromatic rings. The molecule has 7 heteroatoms. The van der Waals surface area contributed by atoms with E-state index in [9.17, 15) is 10.1 Å². The molecule has 2 saturated heterocycles. The van der Waals surface area contributed by atoms with Crippen LogP contribution in [0.1, 0.15) is 35.2 Å². The predicted octanol–water partition coefficient (Wildman–Crippen LogP) is 5.22. The lowest BCUT2D eigenvalue weighted by atomic mass is 9.97. The molecule has 1 amide bonds. The summed E-state index contributed by atoms with van der Waals surface area (Å²) >= 11 is 0. The lowest BCUT2D eigenvalue weighted by Crippen LogP contribution is -2.47. The number of nitrogens with zero attached hydrogens (tertiary/aromatic N) is 5. The van der Waals surface area contributed by atoms with Crippen molar-refractivity contribution >= 4 is 22.5 Å². The topological polar surface area (TPSA) is 67.5 Å². The minimum absolute atomic E-state index is 0.115. The summed E-state index contributed by atoms with van der Waals surface area (Å²) in [6.07, 6.45) is 5.68. The maximum absolute atomic E-state index is 13.1. The van der Waals surface area contributed by atoms with Crippen molar-refractivity contribution in [2.45, 2.75) is 25.8 Å². The maximum atomic E-state index is 13.1. The zero-order valence-electron chi connectivity index (χ0n) is 24.3. The van der Waals surface area contributed by atoms with Crippen LogP contribution < -0.4 is 10.2 Å². The van der Waals surface area contributed by atoms with Crippen molar-refractivity contribution < 1.29 is 4.79 Å². The number of hydrogen-bond acceptors (Lipinski definition) is 5. The fourth-order valence-electron chi connectivity index (χ4n) is 6.38. The van der Waals surface area contributed by atoms with Gasteiger partial charge in [0.15, 0.2) is 0 Å². The molecule has 0 unspecified atom stereocenters. The number of nitrogens with one attached hydrogen (secondary N) is 1. The molecule has 2 aliphatic heterocycles. The van der Waals surface area contributed by atoms with E-state index in [2.05, 4.69) is 85.4 Å². The molecular weight excluding hydrogens is 520 g/mol. The highest BCUT2D eigenvalue weighted by atomic mass is 16.1. The third-order valence-corrected chi connectivity index (χ3v) is 8.73. The van der Waals surface area contributed by atoms with Crippen LogP contribution in [0.5, 0.6) is 0 Å². The van der Waals surface area contributed by atoms with Crippen LogP contribution in [0, 0.1) is 11.3 Å². The number of fused-ring (bicyclic) bond motifs is 1. The van der Waals surface area contributed by atoms with E-state index in [1.165, 1.54) is 36.8 Å². The predicted molar refractivity (Wildman–Crippen MR) is 170 cm³/mol. The standard InChI is InChI=1S/C35H40N6O/c36-27-28-24-30(26-31(25-28)35(42)37-13-7-16-38-14-5-6-15-38)32-9-2-4-11-34(32)41-22-19-39(20-23-41)18-21-40-17-12-29-8-1-3-10-33(29)40/h1-4,8-12,17,24-26H,5-7,13-16,18-23H2,(H,37,42). The molecule has 0 aliphatic carbocycles. The SMILES string of the molecule is N#Cc1cc(C(=O)NCCCN2CCCC2)cc(-c2ccccc2N2CCN(CCn3ccc4ccccc43)CC2)c1. The highest BCUT2D eigenvalue weighted by Gasteiger charge is 2.21. The van der Waals surface area contributed by atoms with Crippen molar-refractivity contribution in [1.29, 1.82) is 5.26 Å². The summed E-state index contributed by atoms with van der Waals surface area (Å²) in [5, 5.41) is 14.1. The number of hydrogen-bond donors (Lipinski definition) is 1. The van der Waals surface area contributed by atoms with Crippen molar-refractivity contribution in [2.75, 3.05) is 63.8 Å². The van der Waals surface area contributed by atoms with Crippen LogP contribution in [-0.2, 0) is 6.54 Å². The van der Waals surface area contributed by atoms with Gasteiger partial charge in [0.05, 0.1) is 11.6 Å². The number of nitriles is 1. The minimum atomic E-state index is -0.115.